The predicted molar refractivity (Wildman–Crippen MR) is 64.7 cm³/mol. The maximum absolute atomic E-state index is 11.6. The third-order valence-corrected chi connectivity index (χ3v) is 3.17. The lowest BCUT2D eigenvalue weighted by Gasteiger charge is -2.02. The van der Waals surface area contributed by atoms with Crippen molar-refractivity contribution in [1.82, 2.24) is 9.38 Å². The highest BCUT2D eigenvalue weighted by molar-refractivity contribution is 7.15. The van der Waals surface area contributed by atoms with E-state index in [1.807, 2.05) is 29.1 Å². The second-order valence-electron chi connectivity index (χ2n) is 4.06. The molecule has 0 aliphatic rings. The molecule has 5 heteroatoms. The average molecular weight is 237 g/mol. The fraction of sp³-hybridized carbons (Fsp3) is 0.455. The van der Waals surface area contributed by atoms with Gasteiger partial charge in [-0.3, -0.25) is 9.20 Å². The molecule has 0 aliphatic heterocycles. The molecular weight excluding hydrogens is 222 g/mol. The summed E-state index contributed by atoms with van der Waals surface area (Å²) in [5.74, 6) is 0.211. The molecule has 2 heterocycles. The number of nitrogens with zero attached hydrogens (tertiary/aromatic N) is 2. The van der Waals surface area contributed by atoms with Crippen LogP contribution in [0.3, 0.4) is 0 Å². The van der Waals surface area contributed by atoms with Crippen LogP contribution < -0.4 is 5.73 Å². The minimum atomic E-state index is 0.0921. The molecule has 0 bridgehead atoms. The summed E-state index contributed by atoms with van der Waals surface area (Å²) < 4.78 is 1.94. The van der Waals surface area contributed by atoms with Gasteiger partial charge in [-0.2, -0.15) is 0 Å². The van der Waals surface area contributed by atoms with Gasteiger partial charge in [-0.25, -0.2) is 4.98 Å². The number of rotatable bonds is 5. The Morgan fingerprint density at radius 3 is 3.19 bits per heavy atom. The Morgan fingerprint density at radius 2 is 2.50 bits per heavy atom. The summed E-state index contributed by atoms with van der Waals surface area (Å²) in [6, 6.07) is 0.0921. The highest BCUT2D eigenvalue weighted by atomic mass is 32.1. The Balaban J connectivity index is 1.94. The molecule has 4 nitrogen and oxygen atoms in total. The molecule has 16 heavy (non-hydrogen) atoms. The first-order valence-corrected chi connectivity index (χ1v) is 6.21. The van der Waals surface area contributed by atoms with Crippen LogP contribution in [0.5, 0.6) is 0 Å². The molecule has 1 unspecified atom stereocenters. The zero-order valence-electron chi connectivity index (χ0n) is 9.22. The minimum absolute atomic E-state index is 0.0921. The van der Waals surface area contributed by atoms with Crippen molar-refractivity contribution in [3.63, 3.8) is 0 Å². The van der Waals surface area contributed by atoms with E-state index in [9.17, 15) is 4.79 Å². The standard InChI is InChI=1S/C11H15N3OS/c1-8(12)2-3-10(15)6-9-7-14-4-5-16-11(14)13-9/h4-5,7-8H,2-3,6,12H2,1H3. The summed E-state index contributed by atoms with van der Waals surface area (Å²) in [4.78, 5) is 16.9. The lowest BCUT2D eigenvalue weighted by molar-refractivity contribution is -0.118. The zero-order valence-corrected chi connectivity index (χ0v) is 10.0. The van der Waals surface area contributed by atoms with E-state index >= 15 is 0 Å². The Bertz CT molecular complexity index is 458. The van der Waals surface area contributed by atoms with Crippen molar-refractivity contribution >= 4 is 22.1 Å². The van der Waals surface area contributed by atoms with Crippen LogP contribution >= 0.6 is 11.3 Å². The lowest BCUT2D eigenvalue weighted by atomic mass is 10.1. The second kappa shape index (κ2) is 4.76. The third-order valence-electron chi connectivity index (χ3n) is 2.40. The van der Waals surface area contributed by atoms with Gasteiger partial charge in [-0.05, 0) is 13.3 Å². The number of aromatic nitrogens is 2. The van der Waals surface area contributed by atoms with E-state index in [-0.39, 0.29) is 11.8 Å². The van der Waals surface area contributed by atoms with Gasteiger partial charge >= 0.3 is 0 Å². The van der Waals surface area contributed by atoms with E-state index in [2.05, 4.69) is 4.98 Å². The van der Waals surface area contributed by atoms with Gasteiger partial charge in [0, 0.05) is 30.2 Å². The monoisotopic (exact) mass is 237 g/mol. The van der Waals surface area contributed by atoms with Gasteiger partial charge in [0.05, 0.1) is 12.1 Å². The van der Waals surface area contributed by atoms with Gasteiger partial charge in [0.1, 0.15) is 5.78 Å². The number of ketones is 1. The molecule has 0 radical (unpaired) electrons. The first-order chi connectivity index (χ1) is 7.65. The van der Waals surface area contributed by atoms with Crippen LogP contribution in [0.25, 0.3) is 4.96 Å². The Morgan fingerprint density at radius 1 is 1.69 bits per heavy atom. The molecule has 0 amide bonds. The number of hydrogen-bond donors (Lipinski definition) is 1. The lowest BCUT2D eigenvalue weighted by Crippen LogP contribution is -2.17. The summed E-state index contributed by atoms with van der Waals surface area (Å²) >= 11 is 1.57. The molecule has 0 spiro atoms. The summed E-state index contributed by atoms with van der Waals surface area (Å²) in [5.41, 5.74) is 6.46. The molecule has 0 aliphatic carbocycles. The van der Waals surface area contributed by atoms with Crippen molar-refractivity contribution in [2.75, 3.05) is 0 Å². The van der Waals surface area contributed by atoms with Crippen LogP contribution in [0, 0.1) is 0 Å². The van der Waals surface area contributed by atoms with E-state index in [4.69, 9.17) is 5.73 Å². The number of carbonyl (C=O) groups excluding carboxylic acids is 1. The van der Waals surface area contributed by atoms with Crippen molar-refractivity contribution in [1.29, 1.82) is 0 Å². The van der Waals surface area contributed by atoms with Crippen LogP contribution in [0.1, 0.15) is 25.5 Å². The quantitative estimate of drug-likeness (QED) is 0.860. The van der Waals surface area contributed by atoms with E-state index in [0.717, 1.165) is 17.1 Å². The van der Waals surface area contributed by atoms with Gasteiger partial charge < -0.3 is 5.73 Å². The highest BCUT2D eigenvalue weighted by Crippen LogP contribution is 2.12. The van der Waals surface area contributed by atoms with Crippen molar-refractivity contribution in [2.45, 2.75) is 32.2 Å². The van der Waals surface area contributed by atoms with Crippen LogP contribution in [0.2, 0.25) is 0 Å². The largest absolute Gasteiger partial charge is 0.328 e. The van der Waals surface area contributed by atoms with Crippen molar-refractivity contribution in [2.24, 2.45) is 5.73 Å². The maximum atomic E-state index is 11.6. The first-order valence-electron chi connectivity index (χ1n) is 5.33. The number of fused-ring (bicyclic) bond motifs is 1. The van der Waals surface area contributed by atoms with Crippen molar-refractivity contribution in [3.05, 3.63) is 23.5 Å². The highest BCUT2D eigenvalue weighted by Gasteiger charge is 2.09. The van der Waals surface area contributed by atoms with Crippen molar-refractivity contribution in [3.8, 4) is 0 Å². The van der Waals surface area contributed by atoms with Gasteiger partial charge in [-0.15, -0.1) is 11.3 Å². The Labute approximate surface area is 98.1 Å². The predicted octanol–water partition coefficient (Wildman–Crippen LogP) is 1.63. The number of imidazole rings is 1. The zero-order chi connectivity index (χ0) is 11.5. The number of Topliss-reactive ketones (excluding diaryl/α,β-unsaturated/α-hetero) is 1. The number of thiazole rings is 1. The summed E-state index contributed by atoms with van der Waals surface area (Å²) in [5, 5.41) is 1.98. The maximum Gasteiger partial charge on any atom is 0.193 e. The van der Waals surface area contributed by atoms with Gasteiger partial charge in [-0.1, -0.05) is 0 Å². The summed E-state index contributed by atoms with van der Waals surface area (Å²) in [7, 11) is 0. The fourth-order valence-corrected chi connectivity index (χ4v) is 2.26. The van der Waals surface area contributed by atoms with Crippen LogP contribution in [-0.2, 0) is 11.2 Å². The molecule has 2 aromatic rings. The number of hydrogen-bond acceptors (Lipinski definition) is 4. The normalized spacial score (nSPS) is 13.1. The SMILES string of the molecule is CC(N)CCC(=O)Cc1cn2ccsc2n1. The van der Waals surface area contributed by atoms with Gasteiger partial charge in [0.2, 0.25) is 0 Å². The second-order valence-corrected chi connectivity index (χ2v) is 4.93. The molecule has 0 aromatic carbocycles. The summed E-state index contributed by atoms with van der Waals surface area (Å²) in [6.07, 6.45) is 5.57. The minimum Gasteiger partial charge on any atom is -0.328 e. The van der Waals surface area contributed by atoms with Gasteiger partial charge in [0.15, 0.2) is 4.96 Å². The molecule has 1 atom stereocenters. The molecule has 86 valence electrons. The molecule has 2 aromatic heterocycles. The van der Waals surface area contributed by atoms with E-state index < -0.39 is 0 Å². The Hall–Kier alpha value is -1.20. The molecule has 0 saturated carbocycles. The Kier molecular flexibility index (Phi) is 3.36. The van der Waals surface area contributed by atoms with Crippen LogP contribution in [-0.4, -0.2) is 21.2 Å². The molecule has 2 N–H and O–H groups in total. The van der Waals surface area contributed by atoms with Crippen molar-refractivity contribution < 1.29 is 4.79 Å². The van der Waals surface area contributed by atoms with Crippen LogP contribution in [0.15, 0.2) is 17.8 Å². The van der Waals surface area contributed by atoms with E-state index in [1.165, 1.54) is 0 Å². The first kappa shape index (κ1) is 11.3. The number of nitrogens with two attached hydrogens (primary N) is 1. The topological polar surface area (TPSA) is 60.4 Å². The third kappa shape index (κ3) is 2.68. The van der Waals surface area contributed by atoms with Crippen LogP contribution in [0.4, 0.5) is 0 Å². The molecule has 0 saturated heterocycles. The fourth-order valence-electron chi connectivity index (χ4n) is 1.54. The smallest absolute Gasteiger partial charge is 0.193 e. The summed E-state index contributed by atoms with van der Waals surface area (Å²) in [6.45, 7) is 1.92. The van der Waals surface area contributed by atoms with Gasteiger partial charge in [0.25, 0.3) is 0 Å². The van der Waals surface area contributed by atoms with E-state index in [0.29, 0.717) is 12.8 Å². The average Bonchev–Trinajstić information content (AvgIpc) is 2.74. The number of carbonyl (C=O) groups is 1. The molecule has 0 fully saturated rings. The van der Waals surface area contributed by atoms with E-state index in [1.54, 1.807) is 11.3 Å². The molecule has 2 rings (SSSR count). The molecular formula is C11H15N3OS.